The summed E-state index contributed by atoms with van der Waals surface area (Å²) in [5.74, 6) is 0. The zero-order chi connectivity index (χ0) is 14.6. The lowest BCUT2D eigenvalue weighted by molar-refractivity contribution is 0.0636. The molecular formula is C13H19ClN2O3. The van der Waals surface area contributed by atoms with Crippen LogP contribution in [0.5, 0.6) is 0 Å². The van der Waals surface area contributed by atoms with Crippen LogP contribution in [0.1, 0.15) is 32.4 Å². The number of hydrogen-bond donors (Lipinski definition) is 3. The van der Waals surface area contributed by atoms with Gasteiger partial charge in [-0.05, 0) is 38.5 Å². The molecule has 1 amide bonds. The molecule has 0 aromatic heterocycles. The fourth-order valence-electron chi connectivity index (χ4n) is 1.39. The highest BCUT2D eigenvalue weighted by Gasteiger charge is 2.17. The molecule has 5 nitrogen and oxygen atoms in total. The van der Waals surface area contributed by atoms with Crippen LogP contribution < -0.4 is 11.1 Å². The van der Waals surface area contributed by atoms with Crippen LogP contribution in [-0.4, -0.2) is 23.3 Å². The molecule has 0 fully saturated rings. The Kier molecular flexibility index (Phi) is 5.17. The average Bonchev–Trinajstić information content (AvgIpc) is 2.28. The zero-order valence-electron chi connectivity index (χ0n) is 11.2. The molecule has 0 saturated heterocycles. The van der Waals surface area contributed by atoms with Crippen molar-refractivity contribution in [2.75, 3.05) is 11.9 Å². The highest BCUT2D eigenvalue weighted by atomic mass is 35.5. The summed E-state index contributed by atoms with van der Waals surface area (Å²) in [5.41, 5.74) is 5.80. The van der Waals surface area contributed by atoms with Gasteiger partial charge in [-0.1, -0.05) is 17.7 Å². The summed E-state index contributed by atoms with van der Waals surface area (Å²) in [7, 11) is 0. The Hall–Kier alpha value is -1.30. The van der Waals surface area contributed by atoms with E-state index in [1.165, 1.54) is 0 Å². The third-order valence-electron chi connectivity index (χ3n) is 2.24. The van der Waals surface area contributed by atoms with E-state index in [2.05, 4.69) is 5.32 Å². The van der Waals surface area contributed by atoms with Gasteiger partial charge in [-0.25, -0.2) is 4.79 Å². The minimum Gasteiger partial charge on any atom is -0.444 e. The summed E-state index contributed by atoms with van der Waals surface area (Å²) in [6.45, 7) is 5.42. The topological polar surface area (TPSA) is 84.6 Å². The molecule has 4 N–H and O–H groups in total. The van der Waals surface area contributed by atoms with Crippen LogP contribution in [0.25, 0.3) is 0 Å². The molecule has 0 bridgehead atoms. The van der Waals surface area contributed by atoms with Gasteiger partial charge in [0.2, 0.25) is 0 Å². The van der Waals surface area contributed by atoms with Gasteiger partial charge >= 0.3 is 6.09 Å². The van der Waals surface area contributed by atoms with Crippen LogP contribution in [0.3, 0.4) is 0 Å². The lowest BCUT2D eigenvalue weighted by Crippen LogP contribution is -2.27. The van der Waals surface area contributed by atoms with E-state index in [1.54, 1.807) is 39.0 Å². The normalized spacial score (nSPS) is 12.9. The molecule has 1 aromatic rings. The average molecular weight is 287 g/mol. The number of aliphatic hydroxyl groups is 1. The second kappa shape index (κ2) is 6.23. The Morgan fingerprint density at radius 3 is 2.63 bits per heavy atom. The number of aliphatic hydroxyl groups excluding tert-OH is 1. The van der Waals surface area contributed by atoms with Crippen molar-refractivity contribution in [1.29, 1.82) is 0 Å². The number of hydrogen-bond acceptors (Lipinski definition) is 4. The van der Waals surface area contributed by atoms with Crippen molar-refractivity contribution in [3.05, 3.63) is 28.8 Å². The molecule has 6 heteroatoms. The molecule has 1 atom stereocenters. The maximum atomic E-state index is 11.6. The molecule has 1 aromatic carbocycles. The van der Waals surface area contributed by atoms with E-state index >= 15 is 0 Å². The number of halogens is 1. The van der Waals surface area contributed by atoms with Gasteiger partial charge < -0.3 is 15.6 Å². The van der Waals surface area contributed by atoms with Crippen LogP contribution in [0, 0.1) is 0 Å². The Morgan fingerprint density at radius 2 is 2.16 bits per heavy atom. The molecule has 0 saturated carbocycles. The van der Waals surface area contributed by atoms with Gasteiger partial charge in [-0.2, -0.15) is 0 Å². The summed E-state index contributed by atoms with van der Waals surface area (Å²) in [4.78, 5) is 11.6. The molecule has 0 unspecified atom stereocenters. The van der Waals surface area contributed by atoms with Crippen molar-refractivity contribution in [2.24, 2.45) is 5.73 Å². The van der Waals surface area contributed by atoms with Crippen LogP contribution in [0.15, 0.2) is 18.2 Å². The highest BCUT2D eigenvalue weighted by molar-refractivity contribution is 6.33. The number of ether oxygens (including phenoxy) is 1. The molecule has 0 heterocycles. The summed E-state index contributed by atoms with van der Waals surface area (Å²) >= 11 is 6.02. The van der Waals surface area contributed by atoms with Gasteiger partial charge in [0.25, 0.3) is 0 Å². The number of anilines is 1. The van der Waals surface area contributed by atoms with E-state index in [1.807, 2.05) is 0 Å². The SMILES string of the molecule is CC(C)(C)OC(=O)Nc1ccc([C@H](O)CN)cc1Cl. The Bertz CT molecular complexity index is 458. The van der Waals surface area contributed by atoms with Crippen molar-refractivity contribution in [2.45, 2.75) is 32.5 Å². The van der Waals surface area contributed by atoms with Crippen LogP contribution >= 0.6 is 11.6 Å². The summed E-state index contributed by atoms with van der Waals surface area (Å²) in [6, 6.07) is 4.81. The lowest BCUT2D eigenvalue weighted by atomic mass is 10.1. The van der Waals surface area contributed by atoms with Gasteiger partial charge in [0.15, 0.2) is 0 Å². The molecule has 106 valence electrons. The molecule has 19 heavy (non-hydrogen) atoms. The second-order valence-electron chi connectivity index (χ2n) is 5.12. The fraction of sp³-hybridized carbons (Fsp3) is 0.462. The van der Waals surface area contributed by atoms with Crippen LogP contribution in [0.4, 0.5) is 10.5 Å². The molecule has 1 rings (SSSR count). The molecule has 0 aliphatic rings. The van der Waals surface area contributed by atoms with E-state index < -0.39 is 17.8 Å². The van der Waals surface area contributed by atoms with E-state index in [9.17, 15) is 9.90 Å². The number of nitrogens with two attached hydrogens (primary N) is 1. The minimum atomic E-state index is -0.770. The van der Waals surface area contributed by atoms with Gasteiger partial charge in [-0.15, -0.1) is 0 Å². The first-order chi connectivity index (χ1) is 8.73. The predicted molar refractivity (Wildman–Crippen MR) is 75.3 cm³/mol. The third kappa shape index (κ3) is 5.06. The van der Waals surface area contributed by atoms with E-state index in [0.29, 0.717) is 16.3 Å². The quantitative estimate of drug-likeness (QED) is 0.797. The first-order valence-electron chi connectivity index (χ1n) is 5.90. The van der Waals surface area contributed by atoms with Gasteiger partial charge in [0.05, 0.1) is 16.8 Å². The summed E-state index contributed by atoms with van der Waals surface area (Å²) in [6.07, 6.45) is -1.35. The maximum absolute atomic E-state index is 11.6. The number of carbonyl (C=O) groups is 1. The van der Waals surface area contributed by atoms with Crippen molar-refractivity contribution < 1.29 is 14.6 Å². The van der Waals surface area contributed by atoms with E-state index in [0.717, 1.165) is 0 Å². The Labute approximate surface area is 117 Å². The Balaban J connectivity index is 2.78. The fourth-order valence-corrected chi connectivity index (χ4v) is 1.63. The van der Waals surface area contributed by atoms with Crippen LogP contribution in [-0.2, 0) is 4.74 Å². The molecule has 0 spiro atoms. The van der Waals surface area contributed by atoms with Crippen molar-refractivity contribution in [3.63, 3.8) is 0 Å². The summed E-state index contributed by atoms with van der Waals surface area (Å²) < 4.78 is 5.12. The van der Waals surface area contributed by atoms with Crippen molar-refractivity contribution in [1.82, 2.24) is 0 Å². The van der Waals surface area contributed by atoms with Gasteiger partial charge in [0, 0.05) is 6.54 Å². The maximum Gasteiger partial charge on any atom is 0.412 e. The molecule has 0 radical (unpaired) electrons. The highest BCUT2D eigenvalue weighted by Crippen LogP contribution is 2.26. The van der Waals surface area contributed by atoms with Crippen molar-refractivity contribution >= 4 is 23.4 Å². The Morgan fingerprint density at radius 1 is 1.53 bits per heavy atom. The minimum absolute atomic E-state index is 0.106. The van der Waals surface area contributed by atoms with E-state index in [-0.39, 0.29) is 6.54 Å². The number of rotatable bonds is 3. The van der Waals surface area contributed by atoms with Gasteiger partial charge in [-0.3, -0.25) is 5.32 Å². The van der Waals surface area contributed by atoms with Crippen LogP contribution in [0.2, 0.25) is 5.02 Å². The van der Waals surface area contributed by atoms with Gasteiger partial charge in [0.1, 0.15) is 5.60 Å². The lowest BCUT2D eigenvalue weighted by Gasteiger charge is -2.20. The number of benzene rings is 1. The number of nitrogens with one attached hydrogen (secondary N) is 1. The zero-order valence-corrected chi connectivity index (χ0v) is 12.0. The molecule has 0 aliphatic heterocycles. The first-order valence-corrected chi connectivity index (χ1v) is 6.28. The first kappa shape index (κ1) is 15.8. The van der Waals surface area contributed by atoms with E-state index in [4.69, 9.17) is 22.1 Å². The standard InChI is InChI=1S/C13H19ClN2O3/c1-13(2,3)19-12(18)16-10-5-4-8(6-9(10)14)11(17)7-15/h4-6,11,17H,7,15H2,1-3H3,(H,16,18)/t11-/m1/s1. The molecule has 0 aliphatic carbocycles. The number of amides is 1. The third-order valence-corrected chi connectivity index (χ3v) is 2.55. The molecular weight excluding hydrogens is 268 g/mol. The summed E-state index contributed by atoms with van der Waals surface area (Å²) in [5, 5.41) is 12.4. The monoisotopic (exact) mass is 286 g/mol. The smallest absolute Gasteiger partial charge is 0.412 e. The largest absolute Gasteiger partial charge is 0.444 e. The predicted octanol–water partition coefficient (Wildman–Crippen LogP) is 2.68. The number of carbonyl (C=O) groups excluding carboxylic acids is 1. The van der Waals surface area contributed by atoms with Crippen molar-refractivity contribution in [3.8, 4) is 0 Å². The second-order valence-corrected chi connectivity index (χ2v) is 5.52.